The van der Waals surface area contributed by atoms with Gasteiger partial charge in [0.2, 0.25) is 0 Å². The van der Waals surface area contributed by atoms with E-state index in [1.165, 1.54) is 12.1 Å². The molecule has 0 aromatic heterocycles. The zero-order valence-electron chi connectivity index (χ0n) is 21.6. The van der Waals surface area contributed by atoms with Crippen molar-refractivity contribution in [3.05, 3.63) is 54.7 Å². The summed E-state index contributed by atoms with van der Waals surface area (Å²) in [5.74, 6) is -4.47. The number of halogens is 4. The molecule has 2 aromatic carbocycles. The van der Waals surface area contributed by atoms with Crippen LogP contribution in [0, 0.1) is 30.3 Å². The summed E-state index contributed by atoms with van der Waals surface area (Å²) in [5.41, 5.74) is -0.317. The summed E-state index contributed by atoms with van der Waals surface area (Å²) in [6.07, 6.45) is 0.775. The quantitative estimate of drug-likeness (QED) is 0.159. The third-order valence-electron chi connectivity index (χ3n) is 8.18. The molecule has 2 atom stereocenters. The number of para-hydroxylation sites is 1. The number of hydrogen-bond donors (Lipinski definition) is 2. The van der Waals surface area contributed by atoms with E-state index in [9.17, 15) is 36.7 Å². The summed E-state index contributed by atoms with van der Waals surface area (Å²) in [7, 11) is -6.01. The van der Waals surface area contributed by atoms with Gasteiger partial charge in [0.15, 0.2) is 0 Å². The Kier molecular flexibility index (Phi) is 8.52. The van der Waals surface area contributed by atoms with Gasteiger partial charge in [0.05, 0.1) is 12.6 Å². The van der Waals surface area contributed by atoms with E-state index in [2.05, 4.69) is 0 Å². The molecule has 6 rings (SSSR count). The Morgan fingerprint density at radius 3 is 2.21 bits per heavy atom. The molecule has 0 spiro atoms. The molecule has 0 aliphatic heterocycles. The third-order valence-corrected chi connectivity index (χ3v) is 10.6. The number of carbonyl (C=O) groups excluding carboxylic acids is 3. The summed E-state index contributed by atoms with van der Waals surface area (Å²) in [5, 5.41) is 4.85. The minimum atomic E-state index is -6.01. The Hall–Kier alpha value is -2.12. The van der Waals surface area contributed by atoms with Crippen LogP contribution in [0.4, 0.5) is 8.78 Å². The molecule has 0 radical (unpaired) electrons. The van der Waals surface area contributed by atoms with Crippen molar-refractivity contribution < 1.29 is 55.5 Å². The Morgan fingerprint density at radius 1 is 1.02 bits per heavy atom. The molecule has 4 bridgehead atoms. The van der Waals surface area contributed by atoms with E-state index in [0.29, 0.717) is 32.0 Å². The highest BCUT2D eigenvalue weighted by molar-refractivity contribution is 14.1. The first-order chi connectivity index (χ1) is 19.6. The fourth-order valence-electron chi connectivity index (χ4n) is 6.58. The number of hydrogen-bond acceptors (Lipinski definition) is 9. The summed E-state index contributed by atoms with van der Waals surface area (Å²) >= 11 is 3.94. The normalized spacial score (nSPS) is 26.5. The van der Waals surface area contributed by atoms with Gasteiger partial charge < -0.3 is 19.3 Å². The number of phenolic OH excluding ortho intramolecular Hbond substituents is 1. The van der Waals surface area contributed by atoms with Crippen LogP contribution in [0.1, 0.15) is 48.0 Å². The molecule has 4 aliphatic carbocycles. The molecular formula is C27H24F2I2O10S. The van der Waals surface area contributed by atoms with Gasteiger partial charge in [-0.25, -0.2) is 9.59 Å². The molecule has 4 fully saturated rings. The number of carbonyl (C=O) groups is 3. The van der Waals surface area contributed by atoms with E-state index in [0.717, 1.165) is 0 Å². The molecule has 15 heteroatoms. The van der Waals surface area contributed by atoms with Crippen LogP contribution in [0.2, 0.25) is 0 Å². The van der Waals surface area contributed by atoms with Gasteiger partial charge in [0.1, 0.15) is 29.8 Å². The monoisotopic (exact) mass is 832 g/mol. The molecule has 2 unspecified atom stereocenters. The van der Waals surface area contributed by atoms with Crippen LogP contribution in [0.15, 0.2) is 36.4 Å². The van der Waals surface area contributed by atoms with Crippen molar-refractivity contribution in [1.82, 2.24) is 0 Å². The van der Waals surface area contributed by atoms with Gasteiger partial charge >= 0.3 is 33.3 Å². The van der Waals surface area contributed by atoms with Gasteiger partial charge in [0, 0.05) is 0 Å². The molecular weight excluding hydrogens is 808 g/mol. The number of rotatable bonds is 8. The Morgan fingerprint density at radius 2 is 1.62 bits per heavy atom. The number of esters is 3. The number of ether oxygens (including phenoxy) is 3. The highest BCUT2D eigenvalue weighted by Crippen LogP contribution is 2.61. The van der Waals surface area contributed by atoms with Crippen molar-refractivity contribution >= 4 is 73.2 Å². The molecule has 42 heavy (non-hydrogen) atoms. The maximum atomic E-state index is 13.9. The van der Waals surface area contributed by atoms with Crippen LogP contribution < -0.4 is 4.74 Å². The van der Waals surface area contributed by atoms with E-state index in [1.54, 1.807) is 24.3 Å². The summed E-state index contributed by atoms with van der Waals surface area (Å²) in [6, 6.07) is 9.46. The van der Waals surface area contributed by atoms with Crippen LogP contribution in [0.25, 0.3) is 0 Å². The first-order valence-corrected chi connectivity index (χ1v) is 16.4. The van der Waals surface area contributed by atoms with Crippen molar-refractivity contribution in [2.75, 3.05) is 0 Å². The van der Waals surface area contributed by atoms with Gasteiger partial charge in [-0.2, -0.15) is 17.2 Å². The maximum Gasteiger partial charge on any atom is 0.465 e. The molecule has 4 aliphatic rings. The minimum absolute atomic E-state index is 0.00566. The first-order valence-electron chi connectivity index (χ1n) is 12.8. The van der Waals surface area contributed by atoms with E-state index in [1.807, 2.05) is 45.2 Å². The molecule has 4 saturated carbocycles. The van der Waals surface area contributed by atoms with E-state index < -0.39 is 56.6 Å². The zero-order chi connectivity index (χ0) is 30.6. The Labute approximate surface area is 266 Å². The highest BCUT2D eigenvalue weighted by Gasteiger charge is 2.62. The lowest BCUT2D eigenvalue weighted by molar-refractivity contribution is -0.200. The second kappa shape index (κ2) is 11.4. The number of benzene rings is 2. The lowest BCUT2D eigenvalue weighted by atomic mass is 9.48. The van der Waals surface area contributed by atoms with Crippen LogP contribution in [-0.2, 0) is 35.8 Å². The van der Waals surface area contributed by atoms with E-state index in [4.69, 9.17) is 18.8 Å². The van der Waals surface area contributed by atoms with Gasteiger partial charge in [-0.3, -0.25) is 9.35 Å². The van der Waals surface area contributed by atoms with Crippen molar-refractivity contribution in [3.63, 3.8) is 0 Å². The molecule has 226 valence electrons. The topological polar surface area (TPSA) is 154 Å². The van der Waals surface area contributed by atoms with E-state index in [-0.39, 0.29) is 42.4 Å². The fourth-order valence-corrected chi connectivity index (χ4v) is 8.73. The summed E-state index contributed by atoms with van der Waals surface area (Å²) in [6.45, 7) is -0.0842. The van der Waals surface area contributed by atoms with Gasteiger partial charge in [-0.1, -0.05) is 12.1 Å². The fraction of sp³-hybridized carbons (Fsp3) is 0.444. The van der Waals surface area contributed by atoms with Crippen LogP contribution in [0.3, 0.4) is 0 Å². The van der Waals surface area contributed by atoms with Crippen LogP contribution in [0.5, 0.6) is 11.5 Å². The second-order valence-electron chi connectivity index (χ2n) is 11.0. The number of aromatic hydroxyl groups is 1. The molecule has 0 heterocycles. The predicted molar refractivity (Wildman–Crippen MR) is 157 cm³/mol. The summed E-state index contributed by atoms with van der Waals surface area (Å²) in [4.78, 5) is 38.6. The SMILES string of the molecule is O=C(OCc1cc(I)c(O)c(I)c1)c1ccccc1OC(=O)C12CC3CC(C1)C(OC(=O)C(F)(F)S(=O)(=O)O)C(C3)C2. The zero-order valence-corrected chi connectivity index (χ0v) is 26.7. The Bertz CT molecular complexity index is 1520. The molecule has 0 amide bonds. The molecule has 2 aromatic rings. The van der Waals surface area contributed by atoms with Crippen molar-refractivity contribution in [3.8, 4) is 11.5 Å². The maximum absolute atomic E-state index is 13.9. The average Bonchev–Trinajstić information content (AvgIpc) is 2.91. The number of alkyl halides is 2. The van der Waals surface area contributed by atoms with Gasteiger partial charge in [0.25, 0.3) is 0 Å². The van der Waals surface area contributed by atoms with Crippen LogP contribution >= 0.6 is 45.2 Å². The molecule has 2 N–H and O–H groups in total. The van der Waals surface area contributed by atoms with Gasteiger partial charge in [-0.15, -0.1) is 0 Å². The summed E-state index contributed by atoms with van der Waals surface area (Å²) < 4.78 is 75.8. The van der Waals surface area contributed by atoms with Gasteiger partial charge in [-0.05, 0) is 125 Å². The van der Waals surface area contributed by atoms with Crippen LogP contribution in [-0.4, -0.2) is 47.3 Å². The smallest absolute Gasteiger partial charge is 0.465 e. The first kappa shape index (κ1) is 31.3. The Balaban J connectivity index is 1.28. The predicted octanol–water partition coefficient (Wildman–Crippen LogP) is 5.08. The van der Waals surface area contributed by atoms with Crippen molar-refractivity contribution in [2.24, 2.45) is 23.2 Å². The molecule has 10 nitrogen and oxygen atoms in total. The van der Waals surface area contributed by atoms with Crippen molar-refractivity contribution in [2.45, 2.75) is 50.1 Å². The third kappa shape index (κ3) is 5.85. The largest absolute Gasteiger partial charge is 0.506 e. The molecule has 0 saturated heterocycles. The van der Waals surface area contributed by atoms with E-state index >= 15 is 0 Å². The lowest BCUT2D eigenvalue weighted by Gasteiger charge is -2.57. The average molecular weight is 832 g/mol. The minimum Gasteiger partial charge on any atom is -0.506 e. The lowest BCUT2D eigenvalue weighted by Crippen LogP contribution is -2.58. The van der Waals surface area contributed by atoms with Crippen molar-refractivity contribution in [1.29, 1.82) is 0 Å². The highest BCUT2D eigenvalue weighted by atomic mass is 127. The second-order valence-corrected chi connectivity index (χ2v) is 14.8. The number of phenols is 1. The standard InChI is InChI=1S/C27H24F2I2O10S/c28-27(29,42(36,37)38)25(35)41-22-15-5-13-6-16(22)11-26(9-13,10-15)24(34)40-20-4-2-1-3-17(20)23(33)39-12-14-7-18(30)21(32)19(31)8-14/h1-4,7-8,13,15-16,22,32H,5-6,9-12H2,(H,36,37,38).